The van der Waals surface area contributed by atoms with E-state index < -0.39 is 0 Å². The van der Waals surface area contributed by atoms with Gasteiger partial charge in [-0.25, -0.2) is 0 Å². The van der Waals surface area contributed by atoms with Crippen LogP contribution in [0.4, 0.5) is 0 Å². The van der Waals surface area contributed by atoms with Gasteiger partial charge in [-0.3, -0.25) is 4.98 Å². The molecule has 2 N–H and O–H groups in total. The molecule has 1 aromatic heterocycles. The predicted molar refractivity (Wildman–Crippen MR) is 158 cm³/mol. The Labute approximate surface area is 223 Å². The first kappa shape index (κ1) is 32.5. The lowest BCUT2D eigenvalue weighted by Crippen LogP contribution is -2.36. The number of aliphatic hydroxyl groups is 2. The van der Waals surface area contributed by atoms with Crippen molar-refractivity contribution in [3.05, 3.63) is 27.9 Å². The van der Waals surface area contributed by atoms with Gasteiger partial charge in [-0.2, -0.15) is 0 Å². The predicted octanol–water partition coefficient (Wildman–Crippen LogP) is 9.65. The quantitative estimate of drug-likeness (QED) is 0.155. The van der Waals surface area contributed by atoms with Crippen LogP contribution in [0.25, 0.3) is 11.5 Å². The summed E-state index contributed by atoms with van der Waals surface area (Å²) in [4.78, 5) is 4.56. The minimum Gasteiger partial charge on any atom is -0.512 e. The Morgan fingerprint density at radius 1 is 0.556 bits per heavy atom. The average Bonchev–Trinajstić information content (AvgIpc) is 2.87. The van der Waals surface area contributed by atoms with Crippen LogP contribution in [0.15, 0.2) is 6.20 Å². The Bertz CT molecular complexity index is 799. The molecule has 0 bridgehead atoms. The molecule has 0 fully saturated rings. The number of aliphatic hydroxyl groups excluding tert-OH is 2. The van der Waals surface area contributed by atoms with Gasteiger partial charge < -0.3 is 10.2 Å². The van der Waals surface area contributed by atoms with Crippen molar-refractivity contribution in [2.45, 2.75) is 169 Å². The zero-order chi connectivity index (χ0) is 26.4. The third kappa shape index (κ3) is 14.3. The van der Waals surface area contributed by atoms with E-state index >= 15 is 0 Å². The number of aryl methyl sites for hydroxylation is 1. The summed E-state index contributed by atoms with van der Waals surface area (Å²) < 4.78 is 0. The van der Waals surface area contributed by atoms with Crippen LogP contribution in [0.3, 0.4) is 0 Å². The Hall–Kier alpha value is -1.51. The van der Waals surface area contributed by atoms with Crippen molar-refractivity contribution in [3.63, 3.8) is 0 Å². The van der Waals surface area contributed by atoms with Crippen LogP contribution < -0.4 is 10.6 Å². The van der Waals surface area contributed by atoms with E-state index in [2.05, 4.69) is 18.8 Å². The lowest BCUT2D eigenvalue weighted by molar-refractivity contribution is 0.455. The van der Waals surface area contributed by atoms with Crippen molar-refractivity contribution in [2.24, 2.45) is 0 Å². The molecule has 1 rings (SSSR count). The van der Waals surface area contributed by atoms with Crippen LogP contribution in [0, 0.1) is 13.8 Å². The molecule has 0 spiro atoms. The number of hydrogen-bond donors (Lipinski definition) is 2. The highest BCUT2D eigenvalue weighted by atomic mass is 16.3. The number of hydrogen-bond acceptors (Lipinski definition) is 3. The Morgan fingerprint density at radius 3 is 1.33 bits per heavy atom. The Balaban J connectivity index is 2.51. The fourth-order valence-electron chi connectivity index (χ4n) is 5.07. The molecular formula is C33H59NO2. The molecule has 1 aromatic rings. The largest absolute Gasteiger partial charge is 0.512 e. The SMILES string of the molecule is CCCCCCCCCCCCC(O)=c1ncc(C)c(C)c1=C(O)CCCCCCCCCCCC. The Morgan fingerprint density at radius 2 is 0.917 bits per heavy atom. The van der Waals surface area contributed by atoms with E-state index in [1.165, 1.54) is 103 Å². The molecule has 0 amide bonds. The van der Waals surface area contributed by atoms with Crippen LogP contribution >= 0.6 is 0 Å². The van der Waals surface area contributed by atoms with Gasteiger partial charge >= 0.3 is 0 Å². The van der Waals surface area contributed by atoms with Gasteiger partial charge in [0.15, 0.2) is 0 Å². The first-order chi connectivity index (χ1) is 17.5. The third-order valence-electron chi connectivity index (χ3n) is 7.69. The summed E-state index contributed by atoms with van der Waals surface area (Å²) in [6.45, 7) is 8.60. The number of rotatable bonds is 22. The van der Waals surface area contributed by atoms with Gasteiger partial charge in [0.05, 0.1) is 0 Å². The number of unbranched alkanes of at least 4 members (excludes halogenated alkanes) is 18. The van der Waals surface area contributed by atoms with Gasteiger partial charge in [-0.15, -0.1) is 0 Å². The second kappa shape index (κ2) is 21.6. The van der Waals surface area contributed by atoms with Crippen LogP contribution in [0.2, 0.25) is 0 Å². The molecule has 0 radical (unpaired) electrons. The second-order valence-electron chi connectivity index (χ2n) is 11.0. The monoisotopic (exact) mass is 501 g/mol. The second-order valence-corrected chi connectivity index (χ2v) is 11.0. The van der Waals surface area contributed by atoms with Gasteiger partial charge in [-0.05, 0) is 37.8 Å². The first-order valence-electron chi connectivity index (χ1n) is 15.6. The van der Waals surface area contributed by atoms with E-state index in [-0.39, 0.29) is 0 Å². The van der Waals surface area contributed by atoms with Gasteiger partial charge in [0.25, 0.3) is 0 Å². The van der Waals surface area contributed by atoms with Crippen molar-refractivity contribution < 1.29 is 10.2 Å². The standard InChI is InChI=1S/C33H59NO2/c1-5-7-9-11-13-15-17-19-21-23-25-30(35)32-29(4)28(3)27-34-33(32)31(36)26-24-22-20-18-16-14-12-10-8-6-2/h27,35-36H,5-26H2,1-4H3. The van der Waals surface area contributed by atoms with E-state index in [9.17, 15) is 10.2 Å². The lowest BCUT2D eigenvalue weighted by atomic mass is 10.0. The number of pyridine rings is 1. The fourth-order valence-corrected chi connectivity index (χ4v) is 5.07. The highest BCUT2D eigenvalue weighted by Crippen LogP contribution is 2.14. The van der Waals surface area contributed by atoms with E-state index in [1.807, 2.05) is 20.0 Å². The third-order valence-corrected chi connectivity index (χ3v) is 7.69. The molecular weight excluding hydrogens is 442 g/mol. The molecule has 0 aromatic carbocycles. The molecule has 3 nitrogen and oxygen atoms in total. The van der Waals surface area contributed by atoms with E-state index in [0.29, 0.717) is 29.7 Å². The summed E-state index contributed by atoms with van der Waals surface area (Å²) in [5, 5.41) is 23.2. The van der Waals surface area contributed by atoms with Gasteiger partial charge in [0.1, 0.15) is 16.9 Å². The molecule has 1 heterocycles. The lowest BCUT2D eigenvalue weighted by Gasteiger charge is -2.08. The van der Waals surface area contributed by atoms with E-state index in [4.69, 9.17) is 0 Å². The first-order valence-corrected chi connectivity index (χ1v) is 15.6. The molecule has 0 saturated heterocycles. The van der Waals surface area contributed by atoms with Crippen molar-refractivity contribution in [3.8, 4) is 0 Å². The van der Waals surface area contributed by atoms with Crippen molar-refractivity contribution in [1.29, 1.82) is 0 Å². The highest BCUT2D eigenvalue weighted by Gasteiger charge is 2.08. The van der Waals surface area contributed by atoms with Gasteiger partial charge in [0, 0.05) is 24.3 Å². The van der Waals surface area contributed by atoms with Crippen molar-refractivity contribution in [1.82, 2.24) is 4.98 Å². The summed E-state index contributed by atoms with van der Waals surface area (Å²) >= 11 is 0. The number of nitrogens with zero attached hydrogens (tertiary/aromatic N) is 1. The fraction of sp³-hybridized carbons (Fsp3) is 0.788. The molecule has 0 unspecified atom stereocenters. The maximum absolute atomic E-state index is 11.0. The maximum atomic E-state index is 11.0. The summed E-state index contributed by atoms with van der Waals surface area (Å²) in [5.74, 6) is 0.732. The number of aromatic nitrogens is 1. The van der Waals surface area contributed by atoms with Crippen LogP contribution in [-0.2, 0) is 0 Å². The van der Waals surface area contributed by atoms with Gasteiger partial charge in [0.2, 0.25) is 0 Å². The van der Waals surface area contributed by atoms with Crippen LogP contribution in [-0.4, -0.2) is 15.2 Å². The smallest absolute Gasteiger partial charge is 0.119 e. The molecule has 208 valence electrons. The van der Waals surface area contributed by atoms with E-state index in [0.717, 1.165) is 42.0 Å². The van der Waals surface area contributed by atoms with Crippen molar-refractivity contribution >= 4 is 11.5 Å². The minimum absolute atomic E-state index is 0.335. The van der Waals surface area contributed by atoms with Crippen LogP contribution in [0.5, 0.6) is 0 Å². The summed E-state index contributed by atoms with van der Waals surface area (Å²) in [6, 6.07) is 0. The summed E-state index contributed by atoms with van der Waals surface area (Å²) in [6.07, 6.45) is 28.8. The maximum Gasteiger partial charge on any atom is 0.119 e. The molecule has 3 heteroatoms. The molecule has 0 atom stereocenters. The topological polar surface area (TPSA) is 53.4 Å². The molecule has 36 heavy (non-hydrogen) atoms. The van der Waals surface area contributed by atoms with Crippen molar-refractivity contribution in [2.75, 3.05) is 0 Å². The molecule has 0 aliphatic carbocycles. The highest BCUT2D eigenvalue weighted by molar-refractivity contribution is 5.44. The summed E-state index contributed by atoms with van der Waals surface area (Å²) in [7, 11) is 0. The summed E-state index contributed by atoms with van der Waals surface area (Å²) in [5.41, 5.74) is 2.11. The van der Waals surface area contributed by atoms with E-state index in [1.54, 1.807) is 0 Å². The average molecular weight is 502 g/mol. The molecule has 0 saturated carbocycles. The normalized spacial score (nSPS) is 13.2. The zero-order valence-electron chi connectivity index (χ0n) is 24.5. The molecule has 0 aliphatic heterocycles. The zero-order valence-corrected chi connectivity index (χ0v) is 24.5. The Kier molecular flexibility index (Phi) is 19.5. The molecule has 0 aliphatic rings. The van der Waals surface area contributed by atoms with Crippen LogP contribution in [0.1, 0.15) is 166 Å². The minimum atomic E-state index is 0.335. The van der Waals surface area contributed by atoms with Gasteiger partial charge in [-0.1, -0.05) is 129 Å².